The zero-order valence-corrected chi connectivity index (χ0v) is 11.4. The maximum Gasteiger partial charge on any atom is 0.253 e. The number of amides is 1. The molecule has 106 valence electrons. The van der Waals surface area contributed by atoms with Crippen LogP contribution in [0.2, 0.25) is 0 Å². The molecule has 1 amide bonds. The molecule has 0 aliphatic heterocycles. The molecule has 1 unspecified atom stereocenters. The van der Waals surface area contributed by atoms with E-state index in [-0.39, 0.29) is 11.6 Å². The van der Waals surface area contributed by atoms with E-state index in [2.05, 4.69) is 12.2 Å². The minimum atomic E-state index is -0.554. The molecule has 0 aromatic heterocycles. The van der Waals surface area contributed by atoms with Gasteiger partial charge < -0.3 is 15.8 Å². The van der Waals surface area contributed by atoms with Crippen molar-refractivity contribution in [1.82, 2.24) is 0 Å². The Morgan fingerprint density at radius 1 is 1.47 bits per heavy atom. The summed E-state index contributed by atoms with van der Waals surface area (Å²) < 4.78 is 18.3. The fraction of sp³-hybridized carbons (Fsp3) is 0.500. The summed E-state index contributed by atoms with van der Waals surface area (Å²) in [4.78, 5) is 11.8. The van der Waals surface area contributed by atoms with Crippen LogP contribution in [0.1, 0.15) is 33.1 Å². The second-order valence-electron chi connectivity index (χ2n) is 4.44. The van der Waals surface area contributed by atoms with Crippen molar-refractivity contribution < 1.29 is 13.9 Å². The average molecular weight is 268 g/mol. The van der Waals surface area contributed by atoms with E-state index < -0.39 is 11.9 Å². The van der Waals surface area contributed by atoms with Gasteiger partial charge in [-0.05, 0) is 31.5 Å². The van der Waals surface area contributed by atoms with Crippen LogP contribution in [0.15, 0.2) is 18.2 Å². The molecule has 0 saturated heterocycles. The zero-order valence-electron chi connectivity index (χ0n) is 11.4. The third-order valence-electron chi connectivity index (χ3n) is 2.76. The molecule has 1 rings (SSSR count). The Morgan fingerprint density at radius 2 is 2.21 bits per heavy atom. The van der Waals surface area contributed by atoms with Gasteiger partial charge in [-0.1, -0.05) is 19.8 Å². The summed E-state index contributed by atoms with van der Waals surface area (Å²) in [6.07, 6.45) is 2.57. The number of anilines is 2. The fourth-order valence-corrected chi connectivity index (χ4v) is 1.57. The van der Waals surface area contributed by atoms with Crippen molar-refractivity contribution in [1.29, 1.82) is 0 Å². The molecule has 1 aromatic rings. The first kappa shape index (κ1) is 15.4. The summed E-state index contributed by atoms with van der Waals surface area (Å²) >= 11 is 0. The zero-order chi connectivity index (χ0) is 14.3. The molecule has 0 bridgehead atoms. The second kappa shape index (κ2) is 7.74. The number of hydrogen-bond acceptors (Lipinski definition) is 3. The van der Waals surface area contributed by atoms with Crippen LogP contribution in [-0.4, -0.2) is 18.6 Å². The fourth-order valence-electron chi connectivity index (χ4n) is 1.57. The topological polar surface area (TPSA) is 64.3 Å². The van der Waals surface area contributed by atoms with E-state index in [9.17, 15) is 9.18 Å². The number of ether oxygens (including phenoxy) is 1. The van der Waals surface area contributed by atoms with E-state index in [1.165, 1.54) is 18.2 Å². The number of nitrogens with two attached hydrogens (primary N) is 1. The first-order valence-corrected chi connectivity index (χ1v) is 6.52. The first-order chi connectivity index (χ1) is 9.04. The number of halogens is 1. The van der Waals surface area contributed by atoms with Crippen molar-refractivity contribution in [2.75, 3.05) is 17.7 Å². The van der Waals surface area contributed by atoms with Crippen LogP contribution in [-0.2, 0) is 9.53 Å². The molecule has 5 heteroatoms. The van der Waals surface area contributed by atoms with Gasteiger partial charge in [-0.3, -0.25) is 4.79 Å². The van der Waals surface area contributed by atoms with Gasteiger partial charge in [-0.15, -0.1) is 0 Å². The predicted octanol–water partition coefficient (Wildman–Crippen LogP) is 2.94. The first-order valence-electron chi connectivity index (χ1n) is 6.52. The molecule has 0 radical (unpaired) electrons. The Hall–Kier alpha value is -1.62. The molecule has 3 N–H and O–H groups in total. The minimum absolute atomic E-state index is 0.200. The van der Waals surface area contributed by atoms with Crippen molar-refractivity contribution in [3.8, 4) is 0 Å². The van der Waals surface area contributed by atoms with Gasteiger partial charge in [0.25, 0.3) is 5.91 Å². The van der Waals surface area contributed by atoms with Gasteiger partial charge in [0.05, 0.1) is 11.4 Å². The van der Waals surface area contributed by atoms with Crippen molar-refractivity contribution in [3.63, 3.8) is 0 Å². The van der Waals surface area contributed by atoms with Crippen LogP contribution >= 0.6 is 0 Å². The minimum Gasteiger partial charge on any atom is -0.397 e. The SMILES string of the molecule is CCCCCOC(C)C(=O)Nc1ccc(F)cc1N. The van der Waals surface area contributed by atoms with E-state index in [1.807, 2.05) is 0 Å². The molecule has 0 aliphatic rings. The Balaban J connectivity index is 2.45. The highest BCUT2D eigenvalue weighted by Gasteiger charge is 2.14. The predicted molar refractivity (Wildman–Crippen MR) is 74.4 cm³/mol. The van der Waals surface area contributed by atoms with Crippen LogP contribution in [0.4, 0.5) is 15.8 Å². The Labute approximate surface area is 113 Å². The number of carbonyl (C=O) groups is 1. The molecule has 0 fully saturated rings. The number of benzene rings is 1. The van der Waals surface area contributed by atoms with Crippen LogP contribution in [0, 0.1) is 5.82 Å². The van der Waals surface area contributed by atoms with Gasteiger partial charge in [0.2, 0.25) is 0 Å². The molecule has 19 heavy (non-hydrogen) atoms. The normalized spacial score (nSPS) is 12.2. The molecule has 0 aliphatic carbocycles. The van der Waals surface area contributed by atoms with Gasteiger partial charge in [-0.25, -0.2) is 4.39 Å². The van der Waals surface area contributed by atoms with Crippen LogP contribution in [0.25, 0.3) is 0 Å². The summed E-state index contributed by atoms with van der Waals surface area (Å²) in [7, 11) is 0. The Bertz CT molecular complexity index is 424. The smallest absolute Gasteiger partial charge is 0.253 e. The maximum absolute atomic E-state index is 12.9. The summed E-state index contributed by atoms with van der Waals surface area (Å²) in [5, 5.41) is 2.62. The number of carbonyl (C=O) groups excluding carboxylic acids is 1. The van der Waals surface area contributed by atoms with Crippen molar-refractivity contribution >= 4 is 17.3 Å². The molecular weight excluding hydrogens is 247 g/mol. The van der Waals surface area contributed by atoms with Gasteiger partial charge in [-0.2, -0.15) is 0 Å². The average Bonchev–Trinajstić information content (AvgIpc) is 2.37. The summed E-state index contributed by atoms with van der Waals surface area (Å²) in [5.41, 5.74) is 6.21. The lowest BCUT2D eigenvalue weighted by Crippen LogP contribution is -2.28. The van der Waals surface area contributed by atoms with Crippen molar-refractivity contribution in [3.05, 3.63) is 24.0 Å². The van der Waals surface area contributed by atoms with Gasteiger partial charge >= 0.3 is 0 Å². The number of unbranched alkanes of at least 4 members (excludes halogenated alkanes) is 2. The lowest BCUT2D eigenvalue weighted by Gasteiger charge is -2.14. The standard InChI is InChI=1S/C14H21FN2O2/c1-3-4-5-8-19-10(2)14(18)17-13-7-6-11(15)9-12(13)16/h6-7,9-10H,3-5,8,16H2,1-2H3,(H,17,18). The number of nitrogens with one attached hydrogen (secondary N) is 1. The van der Waals surface area contributed by atoms with E-state index in [4.69, 9.17) is 10.5 Å². The number of rotatable bonds is 7. The Kier molecular flexibility index (Phi) is 6.29. The largest absolute Gasteiger partial charge is 0.397 e. The summed E-state index contributed by atoms with van der Waals surface area (Å²) in [6, 6.07) is 3.85. The number of hydrogen-bond donors (Lipinski definition) is 2. The highest BCUT2D eigenvalue weighted by molar-refractivity contribution is 5.96. The van der Waals surface area contributed by atoms with E-state index in [0.717, 1.165) is 19.3 Å². The quantitative estimate of drug-likeness (QED) is 0.590. The van der Waals surface area contributed by atoms with Gasteiger partial charge in [0, 0.05) is 6.61 Å². The summed E-state index contributed by atoms with van der Waals surface area (Å²) in [6.45, 7) is 4.34. The monoisotopic (exact) mass is 268 g/mol. The van der Waals surface area contributed by atoms with Crippen LogP contribution < -0.4 is 11.1 Å². The third-order valence-corrected chi connectivity index (χ3v) is 2.76. The molecule has 0 heterocycles. The lowest BCUT2D eigenvalue weighted by atomic mass is 10.2. The molecule has 1 atom stereocenters. The van der Waals surface area contributed by atoms with Crippen LogP contribution in [0.3, 0.4) is 0 Å². The second-order valence-corrected chi connectivity index (χ2v) is 4.44. The van der Waals surface area contributed by atoms with Crippen LogP contribution in [0.5, 0.6) is 0 Å². The van der Waals surface area contributed by atoms with Gasteiger partial charge in [0.15, 0.2) is 0 Å². The highest BCUT2D eigenvalue weighted by atomic mass is 19.1. The number of nitrogen functional groups attached to an aromatic ring is 1. The highest BCUT2D eigenvalue weighted by Crippen LogP contribution is 2.19. The lowest BCUT2D eigenvalue weighted by molar-refractivity contribution is -0.126. The van der Waals surface area contributed by atoms with E-state index in [0.29, 0.717) is 12.3 Å². The van der Waals surface area contributed by atoms with E-state index >= 15 is 0 Å². The third kappa shape index (κ3) is 5.26. The molecule has 0 saturated carbocycles. The maximum atomic E-state index is 12.9. The van der Waals surface area contributed by atoms with Crippen molar-refractivity contribution in [2.45, 2.75) is 39.2 Å². The molecular formula is C14H21FN2O2. The van der Waals surface area contributed by atoms with Gasteiger partial charge in [0.1, 0.15) is 11.9 Å². The summed E-state index contributed by atoms with van der Waals surface area (Å²) in [5.74, 6) is -0.714. The Morgan fingerprint density at radius 3 is 2.84 bits per heavy atom. The van der Waals surface area contributed by atoms with Crippen molar-refractivity contribution in [2.24, 2.45) is 0 Å². The molecule has 4 nitrogen and oxygen atoms in total. The van der Waals surface area contributed by atoms with E-state index in [1.54, 1.807) is 6.92 Å². The molecule has 0 spiro atoms. The molecule has 1 aromatic carbocycles.